The van der Waals surface area contributed by atoms with Crippen molar-refractivity contribution in [3.8, 4) is 17.7 Å². The largest absolute Gasteiger partial charge is 0.497 e. The Morgan fingerprint density at radius 2 is 1.71 bits per heavy atom. The van der Waals surface area contributed by atoms with E-state index in [2.05, 4.69) is 10.2 Å². The molecule has 0 spiro atoms. The van der Waals surface area contributed by atoms with Gasteiger partial charge in [0.15, 0.2) is 5.69 Å². The number of aryl methyl sites for hydroxylation is 1. The summed E-state index contributed by atoms with van der Waals surface area (Å²) in [7, 11) is 1.58. The highest BCUT2D eigenvalue weighted by atomic mass is 35.5. The second-order valence-corrected chi connectivity index (χ2v) is 7.42. The van der Waals surface area contributed by atoms with Crippen LogP contribution in [-0.4, -0.2) is 16.8 Å². The van der Waals surface area contributed by atoms with Crippen molar-refractivity contribution in [2.45, 2.75) is 19.9 Å². The number of ether oxygens (including phenoxy) is 1. The van der Waals surface area contributed by atoms with E-state index in [-0.39, 0.29) is 39.1 Å². The Hall–Kier alpha value is -3.34. The van der Waals surface area contributed by atoms with Gasteiger partial charge in [0.05, 0.1) is 17.2 Å². The van der Waals surface area contributed by atoms with Crippen LogP contribution in [0, 0.1) is 18.3 Å². The minimum atomic E-state index is -0.575. The SMILES string of the molecule is COc1ccc(CCn2c(O)c(C#N)c(C)c(N=Nc3c(Cl)cccc3Cl)c2=O)cc1. The number of benzene rings is 2. The van der Waals surface area contributed by atoms with Crippen molar-refractivity contribution >= 4 is 34.6 Å². The third-order valence-corrected chi connectivity index (χ3v) is 5.35. The fourth-order valence-electron chi connectivity index (χ4n) is 2.98. The zero-order valence-corrected chi connectivity index (χ0v) is 18.3. The highest BCUT2D eigenvalue weighted by molar-refractivity contribution is 6.38. The first-order valence-corrected chi connectivity index (χ1v) is 9.98. The molecule has 0 radical (unpaired) electrons. The first-order chi connectivity index (χ1) is 14.9. The highest BCUT2D eigenvalue weighted by Crippen LogP contribution is 2.34. The third kappa shape index (κ3) is 4.71. The van der Waals surface area contributed by atoms with Crippen LogP contribution in [0.3, 0.4) is 0 Å². The molecule has 3 aromatic rings. The standard InChI is InChI=1S/C22H18Cl2N4O3/c1-13-16(12-25)21(29)28(11-10-14-6-8-15(31-2)9-7-14)22(30)19(13)26-27-20-17(23)4-3-5-18(20)24/h3-9,29H,10-11H2,1-2H3. The minimum Gasteiger partial charge on any atom is -0.497 e. The zero-order chi connectivity index (χ0) is 22.5. The molecule has 0 amide bonds. The van der Waals surface area contributed by atoms with Crippen molar-refractivity contribution in [3.05, 3.63) is 79.6 Å². The lowest BCUT2D eigenvalue weighted by Crippen LogP contribution is -2.22. The molecule has 0 saturated carbocycles. The second-order valence-electron chi connectivity index (χ2n) is 6.61. The number of pyridine rings is 1. The predicted octanol–water partition coefficient (Wildman–Crippen LogP) is 5.71. The molecule has 0 aliphatic heterocycles. The molecule has 0 aliphatic carbocycles. The summed E-state index contributed by atoms with van der Waals surface area (Å²) in [5.41, 5.74) is 0.666. The molecule has 7 nitrogen and oxygen atoms in total. The van der Waals surface area contributed by atoms with E-state index < -0.39 is 11.4 Å². The molecule has 31 heavy (non-hydrogen) atoms. The lowest BCUT2D eigenvalue weighted by Gasteiger charge is -2.13. The van der Waals surface area contributed by atoms with Crippen LogP contribution in [0.15, 0.2) is 57.5 Å². The highest BCUT2D eigenvalue weighted by Gasteiger charge is 2.19. The summed E-state index contributed by atoms with van der Waals surface area (Å²) in [5, 5.41) is 28.6. The van der Waals surface area contributed by atoms with E-state index in [0.29, 0.717) is 12.2 Å². The minimum absolute atomic E-state index is 0.0477. The summed E-state index contributed by atoms with van der Waals surface area (Å²) in [6.45, 7) is 1.66. The van der Waals surface area contributed by atoms with E-state index in [4.69, 9.17) is 27.9 Å². The van der Waals surface area contributed by atoms with Gasteiger partial charge in [0.2, 0.25) is 5.88 Å². The molecule has 0 fully saturated rings. The first kappa shape index (κ1) is 22.3. The van der Waals surface area contributed by atoms with Crippen LogP contribution in [0.2, 0.25) is 10.0 Å². The van der Waals surface area contributed by atoms with Crippen LogP contribution in [0.25, 0.3) is 0 Å². The molecule has 9 heteroatoms. The maximum atomic E-state index is 13.0. The van der Waals surface area contributed by atoms with Crippen LogP contribution in [0.4, 0.5) is 11.4 Å². The van der Waals surface area contributed by atoms with Crippen LogP contribution < -0.4 is 10.3 Å². The van der Waals surface area contributed by atoms with Gasteiger partial charge >= 0.3 is 0 Å². The Morgan fingerprint density at radius 3 is 2.29 bits per heavy atom. The molecule has 158 valence electrons. The first-order valence-electron chi connectivity index (χ1n) is 9.22. The van der Waals surface area contributed by atoms with Gasteiger partial charge in [0, 0.05) is 12.1 Å². The Kier molecular flexibility index (Phi) is 6.95. The fraction of sp³-hybridized carbons (Fsp3) is 0.182. The molecule has 0 unspecified atom stereocenters. The van der Waals surface area contributed by atoms with Gasteiger partial charge in [0.1, 0.15) is 23.1 Å². The van der Waals surface area contributed by atoms with E-state index >= 15 is 0 Å². The van der Waals surface area contributed by atoms with Crippen molar-refractivity contribution in [1.82, 2.24) is 4.57 Å². The van der Waals surface area contributed by atoms with Gasteiger partial charge in [0.25, 0.3) is 5.56 Å². The normalized spacial score (nSPS) is 10.9. The molecule has 1 heterocycles. The van der Waals surface area contributed by atoms with Crippen LogP contribution in [-0.2, 0) is 13.0 Å². The van der Waals surface area contributed by atoms with Gasteiger partial charge in [-0.3, -0.25) is 9.36 Å². The maximum Gasteiger partial charge on any atom is 0.281 e. The number of methoxy groups -OCH3 is 1. The predicted molar refractivity (Wildman–Crippen MR) is 119 cm³/mol. The molecule has 0 atom stereocenters. The molecule has 0 bridgehead atoms. The summed E-state index contributed by atoms with van der Waals surface area (Å²) in [6, 6.07) is 14.1. The van der Waals surface area contributed by atoms with Crippen LogP contribution in [0.1, 0.15) is 16.7 Å². The zero-order valence-electron chi connectivity index (χ0n) is 16.8. The summed E-state index contributed by atoms with van der Waals surface area (Å²) in [6.07, 6.45) is 0.443. The molecule has 0 saturated heterocycles. The number of aromatic nitrogens is 1. The van der Waals surface area contributed by atoms with Crippen molar-refractivity contribution in [2.75, 3.05) is 7.11 Å². The fourth-order valence-corrected chi connectivity index (χ4v) is 3.46. The van der Waals surface area contributed by atoms with Gasteiger partial charge < -0.3 is 9.84 Å². The average molecular weight is 457 g/mol. The molecule has 0 aliphatic rings. The third-order valence-electron chi connectivity index (χ3n) is 4.74. The van der Waals surface area contributed by atoms with Gasteiger partial charge in [-0.05, 0) is 43.2 Å². The van der Waals surface area contributed by atoms with Crippen molar-refractivity contribution in [3.63, 3.8) is 0 Å². The monoisotopic (exact) mass is 456 g/mol. The second kappa shape index (κ2) is 9.65. The average Bonchev–Trinajstić information content (AvgIpc) is 2.76. The van der Waals surface area contributed by atoms with Gasteiger partial charge in [-0.25, -0.2) is 0 Å². The van der Waals surface area contributed by atoms with Crippen LogP contribution >= 0.6 is 23.2 Å². The number of halogens is 2. The topological polar surface area (TPSA) is 100.0 Å². The molecule has 2 aromatic carbocycles. The summed E-state index contributed by atoms with van der Waals surface area (Å²) in [4.78, 5) is 13.0. The number of hydrogen-bond donors (Lipinski definition) is 1. The van der Waals surface area contributed by atoms with E-state index in [1.54, 1.807) is 37.4 Å². The Bertz CT molecular complexity index is 1230. The van der Waals surface area contributed by atoms with Crippen molar-refractivity contribution < 1.29 is 9.84 Å². The van der Waals surface area contributed by atoms with E-state index in [9.17, 15) is 15.2 Å². The number of azo groups is 1. The van der Waals surface area contributed by atoms with Crippen molar-refractivity contribution in [1.29, 1.82) is 5.26 Å². The number of nitrogens with zero attached hydrogens (tertiary/aromatic N) is 4. The number of hydrogen-bond acceptors (Lipinski definition) is 6. The molecule has 1 aromatic heterocycles. The summed E-state index contributed by atoms with van der Waals surface area (Å²) in [5.74, 6) is 0.306. The summed E-state index contributed by atoms with van der Waals surface area (Å²) >= 11 is 12.2. The Balaban J connectivity index is 2.01. The van der Waals surface area contributed by atoms with Gasteiger partial charge in [-0.15, -0.1) is 10.2 Å². The van der Waals surface area contributed by atoms with Gasteiger partial charge in [-0.1, -0.05) is 41.4 Å². The number of nitriles is 1. The van der Waals surface area contributed by atoms with E-state index in [1.807, 2.05) is 18.2 Å². The summed E-state index contributed by atoms with van der Waals surface area (Å²) < 4.78 is 6.25. The molecular formula is C22H18Cl2N4O3. The van der Waals surface area contributed by atoms with Crippen molar-refractivity contribution in [2.24, 2.45) is 10.2 Å². The maximum absolute atomic E-state index is 13.0. The van der Waals surface area contributed by atoms with Crippen LogP contribution in [0.5, 0.6) is 11.6 Å². The van der Waals surface area contributed by atoms with E-state index in [0.717, 1.165) is 10.1 Å². The van der Waals surface area contributed by atoms with Gasteiger partial charge in [-0.2, -0.15) is 5.26 Å². The molecular weight excluding hydrogens is 439 g/mol. The lowest BCUT2D eigenvalue weighted by atomic mass is 10.1. The number of aromatic hydroxyl groups is 1. The Morgan fingerprint density at radius 1 is 1.10 bits per heavy atom. The quantitative estimate of drug-likeness (QED) is 0.480. The molecule has 1 N–H and O–H groups in total. The van der Waals surface area contributed by atoms with E-state index in [1.165, 1.54) is 6.92 Å². The number of rotatable bonds is 6. The Labute approximate surface area is 188 Å². The smallest absolute Gasteiger partial charge is 0.281 e. The lowest BCUT2D eigenvalue weighted by molar-refractivity contribution is 0.403. The molecule has 3 rings (SSSR count).